The van der Waals surface area contributed by atoms with Crippen molar-refractivity contribution in [3.8, 4) is 0 Å². The van der Waals surface area contributed by atoms with E-state index in [0.29, 0.717) is 24.3 Å². The van der Waals surface area contributed by atoms with E-state index in [1.807, 2.05) is 36.9 Å². The van der Waals surface area contributed by atoms with Gasteiger partial charge in [-0.1, -0.05) is 0 Å². The number of aromatic nitrogens is 1. The van der Waals surface area contributed by atoms with Crippen LogP contribution in [0, 0.1) is 0 Å². The quantitative estimate of drug-likeness (QED) is 0.781. The highest BCUT2D eigenvalue weighted by atomic mass is 16.5. The van der Waals surface area contributed by atoms with E-state index in [4.69, 9.17) is 10.5 Å². The summed E-state index contributed by atoms with van der Waals surface area (Å²) in [5, 5.41) is 0.877. The second kappa shape index (κ2) is 4.83. The number of carbonyl (C=O) groups is 1. The molecular formula is C15H19N3O2. The van der Waals surface area contributed by atoms with Crippen LogP contribution in [0.5, 0.6) is 0 Å². The molecule has 1 amide bonds. The molecule has 2 unspecified atom stereocenters. The monoisotopic (exact) mass is 273 g/mol. The van der Waals surface area contributed by atoms with Gasteiger partial charge in [0.2, 0.25) is 0 Å². The fourth-order valence-corrected chi connectivity index (χ4v) is 2.83. The number of hydrogen-bond acceptors (Lipinski definition) is 3. The smallest absolute Gasteiger partial charge is 0.256 e. The summed E-state index contributed by atoms with van der Waals surface area (Å²) < 4.78 is 5.67. The number of amides is 1. The summed E-state index contributed by atoms with van der Waals surface area (Å²) in [5.74, 6) is 0.0313. The van der Waals surface area contributed by atoms with Crippen LogP contribution in [0.25, 0.3) is 10.9 Å². The first-order valence-corrected chi connectivity index (χ1v) is 6.86. The minimum Gasteiger partial charge on any atom is -0.399 e. The molecule has 0 saturated carbocycles. The van der Waals surface area contributed by atoms with Crippen LogP contribution in [0.1, 0.15) is 24.2 Å². The van der Waals surface area contributed by atoms with Crippen molar-refractivity contribution in [2.75, 3.05) is 18.8 Å². The van der Waals surface area contributed by atoms with Crippen molar-refractivity contribution in [1.29, 1.82) is 0 Å². The van der Waals surface area contributed by atoms with E-state index in [-0.39, 0.29) is 18.1 Å². The molecule has 1 aliphatic heterocycles. The number of anilines is 1. The number of morpholine rings is 1. The summed E-state index contributed by atoms with van der Waals surface area (Å²) in [6.07, 6.45) is 1.90. The molecule has 0 bridgehead atoms. The molecule has 20 heavy (non-hydrogen) atoms. The zero-order valence-electron chi connectivity index (χ0n) is 11.7. The van der Waals surface area contributed by atoms with Crippen LogP contribution < -0.4 is 5.73 Å². The Labute approximate surface area is 117 Å². The summed E-state index contributed by atoms with van der Waals surface area (Å²) in [5.41, 5.74) is 8.08. The van der Waals surface area contributed by atoms with E-state index in [1.54, 1.807) is 6.20 Å². The Kier molecular flexibility index (Phi) is 3.14. The summed E-state index contributed by atoms with van der Waals surface area (Å²) in [6.45, 7) is 5.22. The van der Waals surface area contributed by atoms with Crippen molar-refractivity contribution >= 4 is 22.5 Å². The largest absolute Gasteiger partial charge is 0.399 e. The van der Waals surface area contributed by atoms with Crippen molar-refractivity contribution < 1.29 is 9.53 Å². The zero-order valence-corrected chi connectivity index (χ0v) is 11.7. The van der Waals surface area contributed by atoms with Gasteiger partial charge in [0.05, 0.1) is 17.8 Å². The predicted molar refractivity (Wildman–Crippen MR) is 78.6 cm³/mol. The average Bonchev–Trinajstić information content (AvgIpc) is 2.79. The normalized spacial score (nSPS) is 23.2. The summed E-state index contributed by atoms with van der Waals surface area (Å²) in [6, 6.07) is 5.56. The molecule has 0 aliphatic carbocycles. The molecule has 1 saturated heterocycles. The standard InChI is InChI=1S/C15H19N3O2/c1-9-7-18(8-10(2)20-9)15(19)13-6-17-14-4-3-11(16)5-12(13)14/h3-6,9-10,17H,7-8,16H2,1-2H3. The lowest BCUT2D eigenvalue weighted by Gasteiger charge is -2.35. The van der Waals surface area contributed by atoms with Gasteiger partial charge in [0.1, 0.15) is 0 Å². The fraction of sp³-hybridized carbons (Fsp3) is 0.400. The number of aromatic amines is 1. The summed E-state index contributed by atoms with van der Waals surface area (Å²) in [4.78, 5) is 17.7. The molecule has 3 rings (SSSR count). The average molecular weight is 273 g/mol. The minimum absolute atomic E-state index is 0.0313. The molecule has 2 atom stereocenters. The third-order valence-corrected chi connectivity index (χ3v) is 3.64. The fourth-order valence-electron chi connectivity index (χ4n) is 2.83. The lowest BCUT2D eigenvalue weighted by atomic mass is 10.1. The molecule has 3 N–H and O–H groups in total. The molecule has 1 fully saturated rings. The second-order valence-corrected chi connectivity index (χ2v) is 5.47. The van der Waals surface area contributed by atoms with Gasteiger partial charge in [-0.2, -0.15) is 0 Å². The molecule has 1 aromatic heterocycles. The van der Waals surface area contributed by atoms with Crippen molar-refractivity contribution in [2.45, 2.75) is 26.1 Å². The van der Waals surface area contributed by atoms with Gasteiger partial charge >= 0.3 is 0 Å². The molecule has 2 heterocycles. The number of fused-ring (bicyclic) bond motifs is 1. The maximum atomic E-state index is 12.7. The lowest BCUT2D eigenvalue weighted by Crippen LogP contribution is -2.48. The molecule has 5 nitrogen and oxygen atoms in total. The van der Waals surface area contributed by atoms with Gasteiger partial charge in [-0.05, 0) is 32.0 Å². The van der Waals surface area contributed by atoms with Gasteiger partial charge in [0.15, 0.2) is 0 Å². The summed E-state index contributed by atoms with van der Waals surface area (Å²) >= 11 is 0. The van der Waals surface area contributed by atoms with Crippen LogP contribution in [0.2, 0.25) is 0 Å². The Balaban J connectivity index is 1.94. The third-order valence-electron chi connectivity index (χ3n) is 3.64. The van der Waals surface area contributed by atoms with Gasteiger partial charge < -0.3 is 20.4 Å². The number of nitrogens with two attached hydrogens (primary N) is 1. The van der Waals surface area contributed by atoms with Crippen LogP contribution >= 0.6 is 0 Å². The number of nitrogen functional groups attached to an aromatic ring is 1. The topological polar surface area (TPSA) is 71.4 Å². The Morgan fingerprint density at radius 3 is 2.75 bits per heavy atom. The third kappa shape index (κ3) is 2.25. The van der Waals surface area contributed by atoms with Gasteiger partial charge in [0.25, 0.3) is 5.91 Å². The van der Waals surface area contributed by atoms with E-state index in [9.17, 15) is 4.79 Å². The van der Waals surface area contributed by atoms with Crippen LogP contribution in [-0.2, 0) is 4.74 Å². The van der Waals surface area contributed by atoms with Crippen LogP contribution in [-0.4, -0.2) is 41.1 Å². The Morgan fingerprint density at radius 2 is 2.05 bits per heavy atom. The van der Waals surface area contributed by atoms with E-state index in [1.165, 1.54) is 0 Å². The number of carbonyl (C=O) groups excluding carboxylic acids is 1. The highest BCUT2D eigenvalue weighted by molar-refractivity contribution is 6.07. The van der Waals surface area contributed by atoms with Crippen molar-refractivity contribution in [3.05, 3.63) is 30.0 Å². The predicted octanol–water partition coefficient (Wildman–Crippen LogP) is 2.00. The van der Waals surface area contributed by atoms with E-state index >= 15 is 0 Å². The van der Waals surface area contributed by atoms with Gasteiger partial charge in [-0.25, -0.2) is 0 Å². The van der Waals surface area contributed by atoms with Crippen LogP contribution in [0.4, 0.5) is 5.69 Å². The van der Waals surface area contributed by atoms with Crippen molar-refractivity contribution in [1.82, 2.24) is 9.88 Å². The molecule has 1 aromatic carbocycles. The van der Waals surface area contributed by atoms with Crippen LogP contribution in [0.3, 0.4) is 0 Å². The zero-order chi connectivity index (χ0) is 14.3. The number of rotatable bonds is 1. The molecule has 5 heteroatoms. The first kappa shape index (κ1) is 13.0. The highest BCUT2D eigenvalue weighted by Crippen LogP contribution is 2.23. The number of nitrogens with one attached hydrogen (secondary N) is 1. The lowest BCUT2D eigenvalue weighted by molar-refractivity contribution is -0.0585. The molecule has 0 spiro atoms. The number of H-pyrrole nitrogens is 1. The van der Waals surface area contributed by atoms with Gasteiger partial charge in [-0.3, -0.25) is 4.79 Å². The minimum atomic E-state index is 0.0313. The maximum Gasteiger partial charge on any atom is 0.256 e. The Hall–Kier alpha value is -2.01. The number of hydrogen-bond donors (Lipinski definition) is 2. The molecule has 1 aliphatic rings. The van der Waals surface area contributed by atoms with E-state index < -0.39 is 0 Å². The summed E-state index contributed by atoms with van der Waals surface area (Å²) in [7, 11) is 0. The van der Waals surface area contributed by atoms with Gasteiger partial charge in [0, 0.05) is 35.9 Å². The van der Waals surface area contributed by atoms with E-state index in [0.717, 1.165) is 10.9 Å². The first-order valence-electron chi connectivity index (χ1n) is 6.86. The van der Waals surface area contributed by atoms with Crippen LogP contribution in [0.15, 0.2) is 24.4 Å². The molecule has 0 radical (unpaired) electrons. The Bertz CT molecular complexity index is 640. The second-order valence-electron chi connectivity index (χ2n) is 5.47. The van der Waals surface area contributed by atoms with E-state index in [2.05, 4.69) is 4.98 Å². The molecular weight excluding hydrogens is 254 g/mol. The number of benzene rings is 1. The van der Waals surface area contributed by atoms with Gasteiger partial charge in [-0.15, -0.1) is 0 Å². The van der Waals surface area contributed by atoms with Crippen molar-refractivity contribution in [3.63, 3.8) is 0 Å². The number of ether oxygens (including phenoxy) is 1. The number of nitrogens with zero attached hydrogens (tertiary/aromatic N) is 1. The maximum absolute atomic E-state index is 12.7. The Morgan fingerprint density at radius 1 is 1.35 bits per heavy atom. The SMILES string of the molecule is CC1CN(C(=O)c2c[nH]c3ccc(N)cc23)CC(C)O1. The van der Waals surface area contributed by atoms with Crippen molar-refractivity contribution in [2.24, 2.45) is 0 Å². The first-order chi connectivity index (χ1) is 9.54. The molecule has 2 aromatic rings. The molecule has 106 valence electrons. The highest BCUT2D eigenvalue weighted by Gasteiger charge is 2.27.